The summed E-state index contributed by atoms with van der Waals surface area (Å²) in [6.07, 6.45) is 3.55. The van der Waals surface area contributed by atoms with Gasteiger partial charge in [0.2, 0.25) is 0 Å². The minimum Gasteiger partial charge on any atom is -0.338 e. The number of rotatable bonds is 3. The molecule has 0 bridgehead atoms. The Kier molecular flexibility index (Phi) is 4.08. The van der Waals surface area contributed by atoms with E-state index in [2.05, 4.69) is 25.3 Å². The molecule has 0 aliphatic rings. The van der Waals surface area contributed by atoms with E-state index in [0.717, 1.165) is 0 Å². The van der Waals surface area contributed by atoms with Crippen LogP contribution in [0.15, 0.2) is 29.6 Å². The standard InChI is InChI=1S/C14H11ClFN5S/c1-7-18-11-6-17-14(22-2)21-12(11)13(19-7)20-8-3-4-10(16)9(15)5-8/h3-6H,1-2H3,(H,18,19,20). The number of fused-ring (bicyclic) bond motifs is 1. The smallest absolute Gasteiger partial charge is 0.188 e. The zero-order valence-electron chi connectivity index (χ0n) is 11.8. The fourth-order valence-corrected chi connectivity index (χ4v) is 2.45. The van der Waals surface area contributed by atoms with Gasteiger partial charge in [0, 0.05) is 5.69 Å². The quantitative estimate of drug-likeness (QED) is 0.577. The fourth-order valence-electron chi connectivity index (χ4n) is 1.93. The molecule has 3 aromatic rings. The SMILES string of the molecule is CSc1ncc2nc(C)nc(Nc3ccc(F)c(Cl)c3)c2n1. The van der Waals surface area contributed by atoms with Gasteiger partial charge in [-0.2, -0.15) is 0 Å². The van der Waals surface area contributed by atoms with Gasteiger partial charge in [0.25, 0.3) is 0 Å². The fraction of sp³-hybridized carbons (Fsp3) is 0.143. The van der Waals surface area contributed by atoms with Crippen LogP contribution in [-0.4, -0.2) is 26.2 Å². The molecule has 0 spiro atoms. The van der Waals surface area contributed by atoms with E-state index >= 15 is 0 Å². The summed E-state index contributed by atoms with van der Waals surface area (Å²) in [4.78, 5) is 17.3. The van der Waals surface area contributed by atoms with Gasteiger partial charge >= 0.3 is 0 Å². The average Bonchev–Trinajstić information content (AvgIpc) is 2.50. The predicted molar refractivity (Wildman–Crippen MR) is 86.3 cm³/mol. The molecule has 112 valence electrons. The molecule has 0 unspecified atom stereocenters. The second-order valence-corrected chi connectivity index (χ2v) is 5.64. The lowest BCUT2D eigenvalue weighted by Crippen LogP contribution is -2.02. The third kappa shape index (κ3) is 2.95. The molecule has 0 atom stereocenters. The number of anilines is 2. The van der Waals surface area contributed by atoms with Crippen LogP contribution in [0, 0.1) is 12.7 Å². The molecule has 0 amide bonds. The predicted octanol–water partition coefficient (Wildman–Crippen LogP) is 3.99. The summed E-state index contributed by atoms with van der Waals surface area (Å²) < 4.78 is 13.2. The number of thioether (sulfide) groups is 1. The summed E-state index contributed by atoms with van der Waals surface area (Å²) in [5, 5.41) is 3.77. The van der Waals surface area contributed by atoms with Crippen molar-refractivity contribution in [3.8, 4) is 0 Å². The van der Waals surface area contributed by atoms with Crippen LogP contribution >= 0.6 is 23.4 Å². The number of halogens is 2. The van der Waals surface area contributed by atoms with E-state index in [0.29, 0.717) is 33.5 Å². The number of hydrogen-bond acceptors (Lipinski definition) is 6. The molecule has 0 saturated carbocycles. The Morgan fingerprint density at radius 3 is 2.77 bits per heavy atom. The van der Waals surface area contributed by atoms with Gasteiger partial charge in [0.1, 0.15) is 22.7 Å². The molecule has 8 heteroatoms. The molecule has 0 aliphatic heterocycles. The van der Waals surface area contributed by atoms with Crippen molar-refractivity contribution in [1.82, 2.24) is 19.9 Å². The van der Waals surface area contributed by atoms with E-state index in [4.69, 9.17) is 11.6 Å². The lowest BCUT2D eigenvalue weighted by Gasteiger charge is -2.10. The van der Waals surface area contributed by atoms with Gasteiger partial charge in [0.05, 0.1) is 11.2 Å². The van der Waals surface area contributed by atoms with E-state index in [-0.39, 0.29) is 5.02 Å². The van der Waals surface area contributed by atoms with Gasteiger partial charge in [-0.15, -0.1) is 0 Å². The zero-order chi connectivity index (χ0) is 15.7. The third-order valence-electron chi connectivity index (χ3n) is 2.89. The summed E-state index contributed by atoms with van der Waals surface area (Å²) >= 11 is 7.23. The van der Waals surface area contributed by atoms with Crippen LogP contribution < -0.4 is 5.32 Å². The molecule has 0 saturated heterocycles. The van der Waals surface area contributed by atoms with Gasteiger partial charge in [-0.05, 0) is 31.4 Å². The summed E-state index contributed by atoms with van der Waals surface area (Å²) in [7, 11) is 0. The minimum absolute atomic E-state index is 0.0412. The number of nitrogens with zero attached hydrogens (tertiary/aromatic N) is 4. The maximum atomic E-state index is 13.2. The van der Waals surface area contributed by atoms with Gasteiger partial charge < -0.3 is 5.32 Å². The molecule has 5 nitrogen and oxygen atoms in total. The van der Waals surface area contributed by atoms with Crippen LogP contribution in [0.5, 0.6) is 0 Å². The Hall–Kier alpha value is -1.99. The molecule has 1 aromatic carbocycles. The van der Waals surface area contributed by atoms with Crippen LogP contribution in [-0.2, 0) is 0 Å². The topological polar surface area (TPSA) is 63.6 Å². The van der Waals surface area contributed by atoms with Gasteiger partial charge in [-0.25, -0.2) is 24.3 Å². The molecule has 22 heavy (non-hydrogen) atoms. The highest BCUT2D eigenvalue weighted by atomic mass is 35.5. The first-order valence-corrected chi connectivity index (χ1v) is 7.94. The molecule has 0 aliphatic carbocycles. The zero-order valence-corrected chi connectivity index (χ0v) is 13.3. The Labute approximate surface area is 135 Å². The second-order valence-electron chi connectivity index (χ2n) is 4.46. The van der Waals surface area contributed by atoms with Crippen molar-refractivity contribution in [1.29, 1.82) is 0 Å². The Morgan fingerprint density at radius 2 is 2.05 bits per heavy atom. The van der Waals surface area contributed by atoms with E-state index < -0.39 is 5.82 Å². The number of nitrogens with one attached hydrogen (secondary N) is 1. The largest absolute Gasteiger partial charge is 0.338 e. The van der Waals surface area contributed by atoms with E-state index in [9.17, 15) is 4.39 Å². The van der Waals surface area contributed by atoms with E-state index in [1.807, 2.05) is 6.26 Å². The molecule has 0 radical (unpaired) electrons. The van der Waals surface area contributed by atoms with Crippen molar-refractivity contribution in [2.75, 3.05) is 11.6 Å². The first kappa shape index (κ1) is 14.9. The van der Waals surface area contributed by atoms with E-state index in [1.165, 1.54) is 23.9 Å². The molecule has 1 N–H and O–H groups in total. The molecule has 2 heterocycles. The minimum atomic E-state index is -0.470. The van der Waals surface area contributed by atoms with Gasteiger partial charge in [0.15, 0.2) is 11.0 Å². The van der Waals surface area contributed by atoms with Crippen molar-refractivity contribution in [3.63, 3.8) is 0 Å². The van der Waals surface area contributed by atoms with Crippen LogP contribution in [0.4, 0.5) is 15.9 Å². The number of aryl methyl sites for hydroxylation is 1. The molecule has 0 fully saturated rings. The van der Waals surface area contributed by atoms with Gasteiger partial charge in [-0.3, -0.25) is 0 Å². The summed E-state index contributed by atoms with van der Waals surface area (Å²) in [6, 6.07) is 4.38. The Bertz CT molecular complexity index is 858. The third-order valence-corrected chi connectivity index (χ3v) is 3.74. The lowest BCUT2D eigenvalue weighted by atomic mass is 10.3. The number of hydrogen-bond donors (Lipinski definition) is 1. The molecule has 3 rings (SSSR count). The summed E-state index contributed by atoms with van der Waals surface area (Å²) in [5.74, 6) is 0.648. The first-order valence-electron chi connectivity index (χ1n) is 6.34. The van der Waals surface area contributed by atoms with Crippen LogP contribution in [0.3, 0.4) is 0 Å². The van der Waals surface area contributed by atoms with Gasteiger partial charge in [-0.1, -0.05) is 23.4 Å². The van der Waals surface area contributed by atoms with Crippen LogP contribution in [0.2, 0.25) is 5.02 Å². The normalized spacial score (nSPS) is 10.9. The average molecular weight is 336 g/mol. The molecular weight excluding hydrogens is 325 g/mol. The summed E-state index contributed by atoms with van der Waals surface area (Å²) in [6.45, 7) is 1.78. The van der Waals surface area contributed by atoms with Crippen molar-refractivity contribution in [3.05, 3.63) is 41.1 Å². The number of aromatic nitrogens is 4. The van der Waals surface area contributed by atoms with Crippen molar-refractivity contribution in [2.45, 2.75) is 12.1 Å². The summed E-state index contributed by atoms with van der Waals surface area (Å²) in [5.41, 5.74) is 1.86. The molecule has 2 aromatic heterocycles. The van der Waals surface area contributed by atoms with Crippen molar-refractivity contribution in [2.24, 2.45) is 0 Å². The maximum absolute atomic E-state index is 13.2. The Morgan fingerprint density at radius 1 is 1.23 bits per heavy atom. The van der Waals surface area contributed by atoms with E-state index in [1.54, 1.807) is 19.2 Å². The highest BCUT2D eigenvalue weighted by molar-refractivity contribution is 7.98. The Balaban J connectivity index is 2.10. The highest BCUT2D eigenvalue weighted by Gasteiger charge is 2.10. The monoisotopic (exact) mass is 335 g/mol. The van der Waals surface area contributed by atoms with Crippen LogP contribution in [0.1, 0.15) is 5.82 Å². The second kappa shape index (κ2) is 6.02. The maximum Gasteiger partial charge on any atom is 0.188 e. The lowest BCUT2D eigenvalue weighted by molar-refractivity contribution is 0.628. The molecular formula is C14H11ClFN5S. The number of benzene rings is 1. The highest BCUT2D eigenvalue weighted by Crippen LogP contribution is 2.26. The van der Waals surface area contributed by atoms with Crippen LogP contribution in [0.25, 0.3) is 11.0 Å². The van der Waals surface area contributed by atoms with Crippen molar-refractivity contribution < 1.29 is 4.39 Å². The first-order chi connectivity index (χ1) is 10.6. The van der Waals surface area contributed by atoms with Crippen molar-refractivity contribution >= 4 is 45.9 Å².